The molecule has 0 aromatic carbocycles. The van der Waals surface area contributed by atoms with Crippen LogP contribution in [0.3, 0.4) is 0 Å². The van der Waals surface area contributed by atoms with Gasteiger partial charge in [-0.2, -0.15) is 0 Å². The Bertz CT molecular complexity index is 285. The maximum atomic E-state index is 6.91. The first-order valence-electron chi connectivity index (χ1n) is 7.60. The van der Waals surface area contributed by atoms with Crippen LogP contribution in [0.15, 0.2) is 11.6 Å². The lowest BCUT2D eigenvalue weighted by atomic mass is 9.82. The van der Waals surface area contributed by atoms with Crippen LogP contribution in [-0.4, -0.2) is 13.9 Å². The minimum absolute atomic E-state index is 0.201. The van der Waals surface area contributed by atoms with E-state index in [0.29, 0.717) is 0 Å². The summed E-state index contributed by atoms with van der Waals surface area (Å²) >= 11 is 0. The Balaban J connectivity index is 2.17. The molecule has 0 N–H and O–H groups in total. The molecular formula is C15H28OSi. The zero-order valence-corrected chi connectivity index (χ0v) is 12.8. The summed E-state index contributed by atoms with van der Waals surface area (Å²) in [4.78, 5) is 0. The van der Waals surface area contributed by atoms with E-state index in [1.807, 2.05) is 0 Å². The van der Waals surface area contributed by atoms with Gasteiger partial charge in [-0.15, -0.1) is 0 Å². The summed E-state index contributed by atoms with van der Waals surface area (Å²) < 4.78 is 6.91. The molecule has 98 valence electrons. The molecule has 0 aromatic rings. The van der Waals surface area contributed by atoms with Crippen molar-refractivity contribution in [3.63, 3.8) is 0 Å². The molecule has 0 aliphatic heterocycles. The van der Waals surface area contributed by atoms with Crippen molar-refractivity contribution in [1.82, 2.24) is 0 Å². The zero-order valence-electron chi connectivity index (χ0n) is 11.8. The summed E-state index contributed by atoms with van der Waals surface area (Å²) in [7, 11) is -1.44. The Morgan fingerprint density at radius 3 is 2.47 bits per heavy atom. The van der Waals surface area contributed by atoms with Crippen molar-refractivity contribution in [1.29, 1.82) is 0 Å². The van der Waals surface area contributed by atoms with Gasteiger partial charge >= 0.3 is 0 Å². The number of allylic oxidation sites excluding steroid dienone is 1. The summed E-state index contributed by atoms with van der Waals surface area (Å²) in [5, 5.41) is 0. The first-order chi connectivity index (χ1) is 8.20. The number of fused-ring (bicyclic) bond motifs is 1. The Hall–Kier alpha value is -0.0831. The van der Waals surface area contributed by atoms with Crippen molar-refractivity contribution in [2.24, 2.45) is 0 Å². The lowest BCUT2D eigenvalue weighted by Crippen LogP contribution is -2.48. The summed E-state index contributed by atoms with van der Waals surface area (Å²) in [6.07, 6.45) is 10.4. The third kappa shape index (κ3) is 2.39. The molecule has 1 fully saturated rings. The lowest BCUT2D eigenvalue weighted by Gasteiger charge is -2.44. The largest absolute Gasteiger partial charge is 0.408 e. The Kier molecular flexibility index (Phi) is 4.14. The van der Waals surface area contributed by atoms with Gasteiger partial charge in [0.1, 0.15) is 0 Å². The van der Waals surface area contributed by atoms with Crippen molar-refractivity contribution in [2.45, 2.75) is 83.0 Å². The highest BCUT2D eigenvalue weighted by atomic mass is 28.4. The van der Waals surface area contributed by atoms with E-state index in [1.54, 1.807) is 5.57 Å². The Morgan fingerprint density at radius 2 is 1.82 bits per heavy atom. The molecule has 2 heteroatoms. The molecule has 1 saturated carbocycles. The topological polar surface area (TPSA) is 9.23 Å². The van der Waals surface area contributed by atoms with E-state index < -0.39 is 8.32 Å². The Morgan fingerprint density at radius 1 is 1.12 bits per heavy atom. The van der Waals surface area contributed by atoms with E-state index in [2.05, 4.69) is 26.8 Å². The molecule has 2 rings (SSSR count). The fraction of sp³-hybridized carbons (Fsp3) is 0.867. The van der Waals surface area contributed by atoms with Crippen molar-refractivity contribution >= 4 is 8.32 Å². The predicted molar refractivity (Wildman–Crippen MR) is 76.8 cm³/mol. The highest BCUT2D eigenvalue weighted by Crippen LogP contribution is 2.47. The van der Waals surface area contributed by atoms with Crippen LogP contribution in [0.4, 0.5) is 0 Å². The molecule has 2 aliphatic rings. The van der Waals surface area contributed by atoms with Gasteiger partial charge in [0, 0.05) is 0 Å². The molecule has 0 heterocycles. The lowest BCUT2D eigenvalue weighted by molar-refractivity contribution is 0.0679. The first-order valence-corrected chi connectivity index (χ1v) is 10.1. The van der Waals surface area contributed by atoms with E-state index in [0.717, 1.165) is 0 Å². The normalized spacial score (nSPS) is 29.0. The highest BCUT2D eigenvalue weighted by molar-refractivity contribution is 6.73. The molecule has 2 aliphatic carbocycles. The SMILES string of the molecule is CC[Si](CC)(CC)OC12CCC=C1CCCC2. The van der Waals surface area contributed by atoms with E-state index in [-0.39, 0.29) is 5.60 Å². The molecule has 0 bridgehead atoms. The van der Waals surface area contributed by atoms with E-state index >= 15 is 0 Å². The quantitative estimate of drug-likeness (QED) is 0.492. The second-order valence-corrected chi connectivity index (χ2v) is 10.5. The minimum Gasteiger partial charge on any atom is -0.408 e. The smallest absolute Gasteiger partial charge is 0.193 e. The van der Waals surface area contributed by atoms with E-state index in [1.165, 1.54) is 56.7 Å². The van der Waals surface area contributed by atoms with E-state index in [4.69, 9.17) is 4.43 Å². The van der Waals surface area contributed by atoms with Gasteiger partial charge in [-0.05, 0) is 62.2 Å². The molecular weight excluding hydrogens is 224 g/mol. The zero-order chi connectivity index (χ0) is 12.4. The predicted octanol–water partition coefficient (Wildman–Crippen LogP) is 5.04. The van der Waals surface area contributed by atoms with Gasteiger partial charge in [0.15, 0.2) is 8.32 Å². The monoisotopic (exact) mass is 252 g/mol. The fourth-order valence-corrected chi connectivity index (χ4v) is 6.81. The second kappa shape index (κ2) is 5.27. The molecule has 0 spiro atoms. The van der Waals surface area contributed by atoms with E-state index in [9.17, 15) is 0 Å². The summed E-state index contributed by atoms with van der Waals surface area (Å²) in [6, 6.07) is 3.86. The second-order valence-electron chi connectivity index (χ2n) is 5.82. The highest BCUT2D eigenvalue weighted by Gasteiger charge is 2.45. The van der Waals surface area contributed by atoms with Gasteiger partial charge in [0.2, 0.25) is 0 Å². The summed E-state index contributed by atoms with van der Waals surface area (Å²) in [5.74, 6) is 0. The van der Waals surface area contributed by atoms with Crippen molar-refractivity contribution in [2.75, 3.05) is 0 Å². The van der Waals surface area contributed by atoms with Gasteiger partial charge in [-0.1, -0.05) is 26.8 Å². The van der Waals surface area contributed by atoms with Gasteiger partial charge in [-0.25, -0.2) is 0 Å². The maximum absolute atomic E-state index is 6.91. The van der Waals surface area contributed by atoms with Gasteiger partial charge in [-0.3, -0.25) is 0 Å². The first kappa shape index (κ1) is 13.4. The molecule has 0 saturated heterocycles. The number of hydrogen-bond acceptors (Lipinski definition) is 1. The van der Waals surface area contributed by atoms with Crippen LogP contribution >= 0.6 is 0 Å². The van der Waals surface area contributed by atoms with Crippen LogP contribution < -0.4 is 0 Å². The molecule has 1 nitrogen and oxygen atoms in total. The molecule has 17 heavy (non-hydrogen) atoms. The van der Waals surface area contributed by atoms with Crippen LogP contribution in [0.25, 0.3) is 0 Å². The number of rotatable bonds is 5. The molecule has 0 radical (unpaired) electrons. The maximum Gasteiger partial charge on any atom is 0.193 e. The average Bonchev–Trinajstić information content (AvgIpc) is 2.79. The summed E-state index contributed by atoms with van der Waals surface area (Å²) in [6.45, 7) is 7.03. The number of hydrogen-bond donors (Lipinski definition) is 0. The fourth-order valence-electron chi connectivity index (χ4n) is 3.72. The van der Waals surface area contributed by atoms with Gasteiger partial charge in [0.25, 0.3) is 0 Å². The summed E-state index contributed by atoms with van der Waals surface area (Å²) in [5.41, 5.74) is 1.86. The van der Waals surface area contributed by atoms with Gasteiger partial charge < -0.3 is 4.43 Å². The van der Waals surface area contributed by atoms with Gasteiger partial charge in [0.05, 0.1) is 5.60 Å². The van der Waals surface area contributed by atoms with Crippen LogP contribution in [0.2, 0.25) is 18.1 Å². The average molecular weight is 252 g/mol. The molecule has 1 unspecified atom stereocenters. The third-order valence-electron chi connectivity index (χ3n) is 5.15. The minimum atomic E-state index is -1.44. The molecule has 0 amide bonds. The van der Waals surface area contributed by atoms with Crippen LogP contribution in [-0.2, 0) is 4.43 Å². The Labute approximate surface area is 108 Å². The standard InChI is InChI=1S/C15H28OSi/c1-4-17(5-2,6-3)16-15-12-8-7-10-14(15)11-9-13-15/h11H,4-10,12-13H2,1-3H3. The van der Waals surface area contributed by atoms with Crippen LogP contribution in [0.1, 0.15) is 59.3 Å². The third-order valence-corrected chi connectivity index (χ3v) is 9.84. The molecule has 1 atom stereocenters. The van der Waals surface area contributed by atoms with Crippen LogP contribution in [0, 0.1) is 0 Å². The van der Waals surface area contributed by atoms with Crippen molar-refractivity contribution in [3.8, 4) is 0 Å². The van der Waals surface area contributed by atoms with Crippen molar-refractivity contribution in [3.05, 3.63) is 11.6 Å². The van der Waals surface area contributed by atoms with Crippen molar-refractivity contribution < 1.29 is 4.43 Å². The molecule has 0 aromatic heterocycles. The van der Waals surface area contributed by atoms with Crippen LogP contribution in [0.5, 0.6) is 0 Å².